The molecule has 1 aliphatic heterocycles. The van der Waals surface area contributed by atoms with Gasteiger partial charge in [-0.2, -0.15) is 0 Å². The Balaban J connectivity index is 1.57. The maximum absolute atomic E-state index is 11.5. The fraction of sp³-hybridized carbons (Fsp3) is 0.381. The molecule has 0 spiro atoms. The molecule has 0 saturated carbocycles. The van der Waals surface area contributed by atoms with E-state index in [2.05, 4.69) is 68.2 Å². The summed E-state index contributed by atoms with van der Waals surface area (Å²) >= 11 is 3.68. The zero-order valence-corrected chi connectivity index (χ0v) is 17.2. The first-order valence-electron chi connectivity index (χ1n) is 9.20. The molecule has 144 valence electrons. The van der Waals surface area contributed by atoms with Crippen molar-refractivity contribution in [3.05, 3.63) is 64.1 Å². The van der Waals surface area contributed by atoms with Crippen molar-refractivity contribution < 1.29 is 9.53 Å². The number of carbonyl (C=O) groups excluding carboxylic acids is 1. The zero-order chi connectivity index (χ0) is 19.2. The number of nitrogens with zero attached hydrogens (tertiary/aromatic N) is 2. The Morgan fingerprint density at radius 2 is 1.81 bits per heavy atom. The molecule has 1 heterocycles. The number of nitrogens with two attached hydrogens (primary N) is 1. The first-order valence-corrected chi connectivity index (χ1v) is 9.99. The van der Waals surface area contributed by atoms with Crippen LogP contribution in [0.2, 0.25) is 0 Å². The largest absolute Gasteiger partial charge is 0.468 e. The van der Waals surface area contributed by atoms with E-state index >= 15 is 0 Å². The number of benzene rings is 2. The van der Waals surface area contributed by atoms with Gasteiger partial charge in [0.15, 0.2) is 0 Å². The van der Waals surface area contributed by atoms with Crippen molar-refractivity contribution in [2.45, 2.75) is 19.0 Å². The zero-order valence-electron chi connectivity index (χ0n) is 15.6. The number of methoxy groups -OCH3 is 1. The highest BCUT2D eigenvalue weighted by Gasteiger charge is 2.20. The Kier molecular flexibility index (Phi) is 6.88. The number of piperazine rings is 1. The summed E-state index contributed by atoms with van der Waals surface area (Å²) in [6, 6.07) is 16.2. The van der Waals surface area contributed by atoms with Gasteiger partial charge in [0.25, 0.3) is 0 Å². The number of carbonyl (C=O) groups is 1. The van der Waals surface area contributed by atoms with E-state index in [1.54, 1.807) is 0 Å². The molecule has 0 bridgehead atoms. The van der Waals surface area contributed by atoms with Crippen molar-refractivity contribution in [2.75, 3.05) is 38.2 Å². The summed E-state index contributed by atoms with van der Waals surface area (Å²) in [6.07, 6.45) is 0.469. The quantitative estimate of drug-likeness (QED) is 0.712. The molecule has 0 aromatic heterocycles. The Hall–Kier alpha value is -1.89. The van der Waals surface area contributed by atoms with Crippen LogP contribution in [-0.2, 0) is 22.5 Å². The summed E-state index contributed by atoms with van der Waals surface area (Å²) in [5.41, 5.74) is 9.43. The highest BCUT2D eigenvalue weighted by Crippen LogP contribution is 2.29. The van der Waals surface area contributed by atoms with Crippen molar-refractivity contribution in [3.63, 3.8) is 0 Å². The fourth-order valence-corrected chi connectivity index (χ4v) is 4.09. The summed E-state index contributed by atoms with van der Waals surface area (Å²) in [4.78, 5) is 16.4. The predicted octanol–water partition coefficient (Wildman–Crippen LogP) is 2.81. The first kappa shape index (κ1) is 19.9. The van der Waals surface area contributed by atoms with Crippen molar-refractivity contribution in [3.8, 4) is 0 Å². The van der Waals surface area contributed by atoms with Gasteiger partial charge in [-0.15, -0.1) is 0 Å². The van der Waals surface area contributed by atoms with Gasteiger partial charge in [0.05, 0.1) is 12.8 Å². The second kappa shape index (κ2) is 9.35. The monoisotopic (exact) mass is 431 g/mol. The van der Waals surface area contributed by atoms with Crippen LogP contribution in [0.25, 0.3) is 0 Å². The lowest BCUT2D eigenvalue weighted by atomic mass is 10.1. The van der Waals surface area contributed by atoms with Gasteiger partial charge >= 0.3 is 5.97 Å². The van der Waals surface area contributed by atoms with Crippen molar-refractivity contribution in [2.24, 2.45) is 5.73 Å². The number of anilines is 1. The van der Waals surface area contributed by atoms with Gasteiger partial charge in [-0.25, -0.2) is 0 Å². The third-order valence-electron chi connectivity index (χ3n) is 4.93. The highest BCUT2D eigenvalue weighted by molar-refractivity contribution is 9.10. The minimum absolute atomic E-state index is 0.385. The van der Waals surface area contributed by atoms with Gasteiger partial charge in [-0.3, -0.25) is 9.69 Å². The van der Waals surface area contributed by atoms with Crippen molar-refractivity contribution >= 4 is 27.6 Å². The second-order valence-electron chi connectivity index (χ2n) is 6.87. The Morgan fingerprint density at radius 1 is 1.11 bits per heavy atom. The van der Waals surface area contributed by atoms with Crippen LogP contribution in [0.15, 0.2) is 53.0 Å². The predicted molar refractivity (Wildman–Crippen MR) is 112 cm³/mol. The molecule has 3 rings (SSSR count). The van der Waals surface area contributed by atoms with Crippen molar-refractivity contribution in [1.82, 2.24) is 4.90 Å². The highest BCUT2D eigenvalue weighted by atomic mass is 79.9. The van der Waals surface area contributed by atoms with Crippen LogP contribution >= 0.6 is 15.9 Å². The van der Waals surface area contributed by atoms with Gasteiger partial charge < -0.3 is 15.4 Å². The van der Waals surface area contributed by atoms with Gasteiger partial charge in [-0.05, 0) is 45.6 Å². The van der Waals surface area contributed by atoms with E-state index < -0.39 is 6.04 Å². The van der Waals surface area contributed by atoms with E-state index in [1.165, 1.54) is 18.4 Å². The summed E-state index contributed by atoms with van der Waals surface area (Å²) < 4.78 is 5.73. The number of halogens is 1. The van der Waals surface area contributed by atoms with Crippen LogP contribution in [-0.4, -0.2) is 50.2 Å². The second-order valence-corrected chi connectivity index (χ2v) is 7.72. The molecule has 2 aromatic carbocycles. The normalized spacial score (nSPS) is 16.2. The van der Waals surface area contributed by atoms with Crippen LogP contribution in [0.3, 0.4) is 0 Å². The van der Waals surface area contributed by atoms with E-state index in [4.69, 9.17) is 10.5 Å². The van der Waals surface area contributed by atoms with Gasteiger partial charge in [-0.1, -0.05) is 36.4 Å². The SMILES string of the molecule is COC(=O)C(N)Cc1ccc(N2CCN(Cc3ccccc3)CC2)c(Br)c1. The molecule has 1 saturated heterocycles. The molecule has 5 nitrogen and oxygen atoms in total. The minimum Gasteiger partial charge on any atom is -0.468 e. The molecule has 1 aliphatic rings. The first-order chi connectivity index (χ1) is 13.1. The van der Waals surface area contributed by atoms with Crippen LogP contribution in [0, 0.1) is 0 Å². The molecule has 1 fully saturated rings. The maximum atomic E-state index is 11.5. The number of rotatable bonds is 6. The third-order valence-corrected chi connectivity index (χ3v) is 5.57. The summed E-state index contributed by atoms with van der Waals surface area (Å²) in [6.45, 7) is 5.06. The molecule has 0 aliphatic carbocycles. The molecular weight excluding hydrogens is 406 g/mol. The minimum atomic E-state index is -0.630. The van der Waals surface area contributed by atoms with Gasteiger partial charge in [0.2, 0.25) is 0 Å². The average molecular weight is 432 g/mol. The van der Waals surface area contributed by atoms with Crippen LogP contribution in [0.4, 0.5) is 5.69 Å². The number of ether oxygens (including phenoxy) is 1. The Bertz CT molecular complexity index is 761. The van der Waals surface area contributed by atoms with E-state index in [-0.39, 0.29) is 5.97 Å². The number of esters is 1. The molecule has 2 N–H and O–H groups in total. The van der Waals surface area contributed by atoms with E-state index in [0.29, 0.717) is 6.42 Å². The lowest BCUT2D eigenvalue weighted by Gasteiger charge is -2.36. The molecule has 1 atom stereocenters. The molecular formula is C21H26BrN3O2. The molecule has 27 heavy (non-hydrogen) atoms. The topological polar surface area (TPSA) is 58.8 Å². The van der Waals surface area contributed by atoms with Crippen LogP contribution < -0.4 is 10.6 Å². The lowest BCUT2D eigenvalue weighted by Crippen LogP contribution is -2.46. The van der Waals surface area contributed by atoms with Crippen LogP contribution in [0.5, 0.6) is 0 Å². The van der Waals surface area contributed by atoms with E-state index in [0.717, 1.165) is 42.8 Å². The summed E-state index contributed by atoms with van der Waals surface area (Å²) in [7, 11) is 1.36. The van der Waals surface area contributed by atoms with Crippen molar-refractivity contribution in [1.29, 1.82) is 0 Å². The standard InChI is InChI=1S/C21H26BrN3O2/c1-27-21(26)19(23)14-17-7-8-20(18(22)13-17)25-11-9-24(10-12-25)15-16-5-3-2-4-6-16/h2-8,13,19H,9-12,14-15,23H2,1H3. The van der Waals surface area contributed by atoms with Crippen LogP contribution in [0.1, 0.15) is 11.1 Å². The fourth-order valence-electron chi connectivity index (χ4n) is 3.41. The molecule has 0 amide bonds. The third kappa shape index (κ3) is 5.31. The number of hydrogen-bond donors (Lipinski definition) is 1. The molecule has 1 unspecified atom stereocenters. The van der Waals surface area contributed by atoms with E-state index in [9.17, 15) is 4.79 Å². The molecule has 2 aromatic rings. The molecule has 6 heteroatoms. The Labute approximate surface area is 169 Å². The number of hydrogen-bond acceptors (Lipinski definition) is 5. The Morgan fingerprint density at radius 3 is 2.44 bits per heavy atom. The summed E-state index contributed by atoms with van der Waals surface area (Å²) in [5.74, 6) is -0.385. The smallest absolute Gasteiger partial charge is 0.322 e. The molecule has 0 radical (unpaired) electrons. The summed E-state index contributed by atoms with van der Waals surface area (Å²) in [5, 5.41) is 0. The van der Waals surface area contributed by atoms with Gasteiger partial charge in [0.1, 0.15) is 6.04 Å². The van der Waals surface area contributed by atoms with Gasteiger partial charge in [0, 0.05) is 37.2 Å². The lowest BCUT2D eigenvalue weighted by molar-refractivity contribution is -0.142. The maximum Gasteiger partial charge on any atom is 0.322 e. The van der Waals surface area contributed by atoms with E-state index in [1.807, 2.05) is 6.07 Å². The average Bonchev–Trinajstić information content (AvgIpc) is 2.69.